The molecule has 1 aromatic rings. The highest BCUT2D eigenvalue weighted by atomic mass is 16.4. The first-order valence-electron chi connectivity index (χ1n) is 4.43. The molecule has 0 aliphatic rings. The van der Waals surface area contributed by atoms with Crippen molar-refractivity contribution in [2.45, 2.75) is 24.7 Å². The third-order valence-electron chi connectivity index (χ3n) is 1.78. The minimum atomic E-state index is -1.04. The minimum Gasteiger partial charge on any atom is -0.422 e. The summed E-state index contributed by atoms with van der Waals surface area (Å²) in [5.41, 5.74) is 16.2. The maximum atomic E-state index is 8.89. The maximum Gasteiger partial charge on any atom is 0.235 e. The van der Waals surface area contributed by atoms with Crippen LogP contribution in [-0.4, -0.2) is 33.2 Å². The number of hydrogen-bond acceptors (Lipinski definition) is 8. The van der Waals surface area contributed by atoms with Gasteiger partial charge in [0, 0.05) is 6.42 Å². The number of hydrogen-bond donors (Lipinski definition) is 5. The molecule has 0 amide bonds. The molecule has 0 fully saturated rings. The van der Waals surface area contributed by atoms with E-state index < -0.39 is 18.3 Å². The van der Waals surface area contributed by atoms with Gasteiger partial charge in [0.15, 0.2) is 0 Å². The molecule has 1 unspecified atom stereocenters. The maximum absolute atomic E-state index is 8.89. The monoisotopic (exact) mass is 217 g/mol. The fraction of sp³-hybridized carbons (Fsp3) is 0.714. The number of aromatic nitrogens is 2. The van der Waals surface area contributed by atoms with Crippen molar-refractivity contribution in [3.8, 4) is 0 Å². The predicted octanol–water partition coefficient (Wildman–Crippen LogP) is -2.27. The van der Waals surface area contributed by atoms with Crippen molar-refractivity contribution in [1.29, 1.82) is 0 Å². The van der Waals surface area contributed by atoms with Crippen molar-refractivity contribution in [2.24, 2.45) is 17.2 Å². The van der Waals surface area contributed by atoms with Crippen LogP contribution in [0.25, 0.3) is 0 Å². The van der Waals surface area contributed by atoms with Gasteiger partial charge in [-0.05, 0) is 0 Å². The molecule has 1 rings (SSSR count). The highest BCUT2D eigenvalue weighted by Crippen LogP contribution is 2.15. The molecule has 8 N–H and O–H groups in total. The van der Waals surface area contributed by atoms with Crippen LogP contribution in [0.2, 0.25) is 0 Å². The van der Waals surface area contributed by atoms with Gasteiger partial charge in [-0.25, -0.2) is 0 Å². The molecule has 15 heavy (non-hydrogen) atoms. The Kier molecular flexibility index (Phi) is 4.12. The lowest BCUT2D eigenvalue weighted by atomic mass is 10.2. The molecule has 8 nitrogen and oxygen atoms in total. The van der Waals surface area contributed by atoms with Gasteiger partial charge < -0.3 is 31.8 Å². The van der Waals surface area contributed by atoms with Gasteiger partial charge in [-0.2, -0.15) is 0 Å². The molecule has 3 atom stereocenters. The molecule has 0 radical (unpaired) electrons. The van der Waals surface area contributed by atoms with Crippen molar-refractivity contribution >= 4 is 0 Å². The van der Waals surface area contributed by atoms with Crippen LogP contribution in [0.1, 0.15) is 30.3 Å². The quantitative estimate of drug-likeness (QED) is 0.345. The second-order valence-electron chi connectivity index (χ2n) is 3.18. The minimum absolute atomic E-state index is 0.106. The fourth-order valence-corrected chi connectivity index (χ4v) is 0.985. The van der Waals surface area contributed by atoms with Gasteiger partial charge in [0.05, 0.1) is 12.6 Å². The van der Waals surface area contributed by atoms with E-state index in [9.17, 15) is 0 Å². The van der Waals surface area contributed by atoms with E-state index >= 15 is 0 Å². The Morgan fingerprint density at radius 3 is 2.13 bits per heavy atom. The smallest absolute Gasteiger partial charge is 0.235 e. The third kappa shape index (κ3) is 3.22. The van der Waals surface area contributed by atoms with Crippen LogP contribution in [0, 0.1) is 0 Å². The SMILES string of the molecule is NC(O)C[C@H](N)c1nnc([C@@H](N)CO)o1. The second kappa shape index (κ2) is 5.14. The van der Waals surface area contributed by atoms with Gasteiger partial charge >= 0.3 is 0 Å². The normalized spacial score (nSPS) is 17.4. The van der Waals surface area contributed by atoms with Crippen LogP contribution in [0.3, 0.4) is 0 Å². The van der Waals surface area contributed by atoms with E-state index in [4.69, 9.17) is 31.8 Å². The zero-order valence-electron chi connectivity index (χ0n) is 8.08. The molecular weight excluding hydrogens is 202 g/mol. The van der Waals surface area contributed by atoms with Crippen molar-refractivity contribution in [1.82, 2.24) is 10.2 Å². The highest BCUT2D eigenvalue weighted by molar-refractivity contribution is 4.92. The molecule has 1 heterocycles. The Bertz CT molecular complexity index is 303. The van der Waals surface area contributed by atoms with Gasteiger partial charge in [-0.3, -0.25) is 0 Å². The number of nitrogens with two attached hydrogens (primary N) is 3. The number of aliphatic hydroxyl groups excluding tert-OH is 2. The number of rotatable bonds is 5. The van der Waals surface area contributed by atoms with E-state index in [1.165, 1.54) is 0 Å². The molecule has 1 aromatic heterocycles. The average molecular weight is 217 g/mol. The standard InChI is InChI=1S/C7H15N5O3/c8-3(1-5(10)14)6-11-12-7(15-6)4(9)2-13/h3-5,13-14H,1-2,8-10H2/t3-,4-,5?/m0/s1. The lowest BCUT2D eigenvalue weighted by Crippen LogP contribution is -2.25. The van der Waals surface area contributed by atoms with Crippen LogP contribution in [0.4, 0.5) is 0 Å². The van der Waals surface area contributed by atoms with Crippen molar-refractivity contribution < 1.29 is 14.6 Å². The number of nitrogens with zero attached hydrogens (tertiary/aromatic N) is 2. The number of aliphatic hydroxyl groups is 2. The van der Waals surface area contributed by atoms with Gasteiger partial charge in [0.2, 0.25) is 11.8 Å². The molecule has 86 valence electrons. The van der Waals surface area contributed by atoms with Crippen molar-refractivity contribution in [3.05, 3.63) is 11.8 Å². The first kappa shape index (κ1) is 12.0. The third-order valence-corrected chi connectivity index (χ3v) is 1.78. The summed E-state index contributed by atoms with van der Waals surface area (Å²) in [6.07, 6.45) is -0.933. The van der Waals surface area contributed by atoms with Crippen LogP contribution in [-0.2, 0) is 0 Å². The molecular formula is C7H15N5O3. The summed E-state index contributed by atoms with van der Waals surface area (Å²) in [4.78, 5) is 0. The molecule has 8 heteroatoms. The molecule has 0 aliphatic carbocycles. The Hall–Kier alpha value is -1.06. The molecule has 0 spiro atoms. The predicted molar refractivity (Wildman–Crippen MR) is 50.1 cm³/mol. The van der Waals surface area contributed by atoms with Gasteiger partial charge in [-0.1, -0.05) is 0 Å². The molecule has 0 saturated carbocycles. The Balaban J connectivity index is 2.66. The van der Waals surface area contributed by atoms with Gasteiger partial charge in [0.1, 0.15) is 12.3 Å². The zero-order valence-corrected chi connectivity index (χ0v) is 8.08. The van der Waals surface area contributed by atoms with Gasteiger partial charge in [0.25, 0.3) is 0 Å². The summed E-state index contributed by atoms with van der Waals surface area (Å²) < 4.78 is 5.10. The van der Waals surface area contributed by atoms with E-state index in [0.29, 0.717) is 0 Å². The van der Waals surface area contributed by atoms with E-state index in [1.54, 1.807) is 0 Å². The Morgan fingerprint density at radius 1 is 1.13 bits per heavy atom. The van der Waals surface area contributed by atoms with Crippen molar-refractivity contribution in [3.63, 3.8) is 0 Å². The first-order chi connectivity index (χ1) is 7.04. The highest BCUT2D eigenvalue weighted by Gasteiger charge is 2.19. The van der Waals surface area contributed by atoms with Crippen LogP contribution in [0.5, 0.6) is 0 Å². The Labute approximate surface area is 86.1 Å². The largest absolute Gasteiger partial charge is 0.422 e. The van der Waals surface area contributed by atoms with E-state index in [0.717, 1.165) is 0 Å². The summed E-state index contributed by atoms with van der Waals surface area (Å²) in [5, 5.41) is 24.9. The molecule has 0 aliphatic heterocycles. The lowest BCUT2D eigenvalue weighted by Gasteiger charge is -2.08. The topological polar surface area (TPSA) is 157 Å². The van der Waals surface area contributed by atoms with E-state index in [2.05, 4.69) is 10.2 Å². The molecule has 0 bridgehead atoms. The van der Waals surface area contributed by atoms with E-state index in [1.807, 2.05) is 0 Å². The summed E-state index contributed by atoms with van der Waals surface area (Å²) in [5.74, 6) is 0.243. The lowest BCUT2D eigenvalue weighted by molar-refractivity contribution is 0.157. The molecule has 0 aromatic carbocycles. The summed E-state index contributed by atoms with van der Waals surface area (Å²) in [6.45, 7) is -0.295. The van der Waals surface area contributed by atoms with Crippen molar-refractivity contribution in [2.75, 3.05) is 6.61 Å². The summed E-state index contributed by atoms with van der Waals surface area (Å²) in [7, 11) is 0. The van der Waals surface area contributed by atoms with Gasteiger partial charge in [-0.15, -0.1) is 10.2 Å². The summed E-state index contributed by atoms with van der Waals surface area (Å²) >= 11 is 0. The van der Waals surface area contributed by atoms with Crippen LogP contribution in [0.15, 0.2) is 4.42 Å². The first-order valence-corrected chi connectivity index (χ1v) is 4.43. The zero-order chi connectivity index (χ0) is 11.4. The van der Waals surface area contributed by atoms with Crippen LogP contribution >= 0.6 is 0 Å². The van der Waals surface area contributed by atoms with Crippen LogP contribution < -0.4 is 17.2 Å². The average Bonchev–Trinajstić information content (AvgIpc) is 2.64. The van der Waals surface area contributed by atoms with E-state index in [-0.39, 0.29) is 24.8 Å². The summed E-state index contributed by atoms with van der Waals surface area (Å²) in [6, 6.07) is -1.36. The molecule has 0 saturated heterocycles. The fourth-order valence-electron chi connectivity index (χ4n) is 0.985. The Morgan fingerprint density at radius 2 is 1.67 bits per heavy atom. The second-order valence-corrected chi connectivity index (χ2v) is 3.18.